The molecule has 3 amide bonds. The molecule has 0 aromatic heterocycles. The fraction of sp³-hybridized carbons (Fsp3) is 0.594. The smallest absolute Gasteiger partial charge is 0.249 e. The van der Waals surface area contributed by atoms with Gasteiger partial charge in [-0.1, -0.05) is 75.6 Å². The molecule has 40 heavy (non-hydrogen) atoms. The number of anilines is 1. The van der Waals surface area contributed by atoms with Crippen LogP contribution in [0, 0.1) is 17.8 Å². The number of aliphatic hydroxyl groups is 1. The van der Waals surface area contributed by atoms with Gasteiger partial charge in [0.05, 0.1) is 30.1 Å². The Morgan fingerprint density at radius 2 is 1.62 bits per heavy atom. The molecule has 0 radical (unpaired) electrons. The van der Waals surface area contributed by atoms with Crippen LogP contribution in [0.2, 0.25) is 0 Å². The third kappa shape index (κ3) is 3.97. The van der Waals surface area contributed by atoms with E-state index in [0.717, 1.165) is 31.4 Å². The fourth-order valence-electron chi connectivity index (χ4n) is 8.02. The molecule has 1 saturated carbocycles. The molecule has 5 aliphatic rings. The highest BCUT2D eigenvalue weighted by atomic mass is 16.5. The van der Waals surface area contributed by atoms with Gasteiger partial charge in [0.15, 0.2) is 0 Å². The number of amides is 3. The van der Waals surface area contributed by atoms with Crippen LogP contribution in [-0.2, 0) is 19.1 Å². The highest BCUT2D eigenvalue weighted by Gasteiger charge is 2.75. The van der Waals surface area contributed by atoms with Gasteiger partial charge in [-0.25, -0.2) is 0 Å². The van der Waals surface area contributed by atoms with E-state index in [4.69, 9.17) is 4.74 Å². The zero-order valence-corrected chi connectivity index (χ0v) is 23.7. The molecule has 8 heteroatoms. The quantitative estimate of drug-likeness (QED) is 0.572. The molecule has 214 valence electrons. The molecule has 6 rings (SSSR count). The molecule has 4 aliphatic heterocycles. The Morgan fingerprint density at radius 3 is 2.30 bits per heavy atom. The number of hydrogen-bond acceptors (Lipinski definition) is 5. The lowest BCUT2D eigenvalue weighted by Crippen LogP contribution is -2.60. The van der Waals surface area contributed by atoms with E-state index in [0.29, 0.717) is 13.1 Å². The van der Waals surface area contributed by atoms with E-state index >= 15 is 0 Å². The maximum absolute atomic E-state index is 14.6. The van der Waals surface area contributed by atoms with E-state index in [2.05, 4.69) is 0 Å². The molecule has 1 unspecified atom stereocenters. The predicted octanol–water partition coefficient (Wildman–Crippen LogP) is 3.31. The monoisotopic (exact) mass is 547 g/mol. The van der Waals surface area contributed by atoms with Crippen LogP contribution in [0.4, 0.5) is 5.69 Å². The summed E-state index contributed by atoms with van der Waals surface area (Å²) >= 11 is 0. The van der Waals surface area contributed by atoms with Crippen LogP contribution in [-0.4, -0.2) is 81.7 Å². The van der Waals surface area contributed by atoms with Crippen molar-refractivity contribution in [3.05, 3.63) is 54.6 Å². The van der Waals surface area contributed by atoms with E-state index in [9.17, 15) is 19.5 Å². The van der Waals surface area contributed by atoms with E-state index in [1.807, 2.05) is 80.3 Å². The van der Waals surface area contributed by atoms with E-state index in [-0.39, 0.29) is 36.3 Å². The number of carbonyl (C=O) groups excluding carboxylic acids is 3. The van der Waals surface area contributed by atoms with Crippen molar-refractivity contribution in [2.24, 2.45) is 17.8 Å². The number of aliphatic hydroxyl groups excluding tert-OH is 1. The van der Waals surface area contributed by atoms with Crippen LogP contribution in [0.1, 0.15) is 52.9 Å². The molecule has 6 atom stereocenters. The van der Waals surface area contributed by atoms with Crippen molar-refractivity contribution < 1.29 is 24.2 Å². The maximum Gasteiger partial charge on any atom is 0.249 e. The first-order valence-corrected chi connectivity index (χ1v) is 14.9. The second-order valence-corrected chi connectivity index (χ2v) is 12.6. The Labute approximate surface area is 236 Å². The standard InChI is InChI=1S/C32H41N3O5/c1-21(2)24(20-36)35-27-30(39)34(23-14-8-5-9-15-23)19-11-17-32(27)26(29(35)38)25-28(37)33(22-12-6-4-7-13-22)18-10-16-31(25,3)40-32/h4,6-7,10-13,16-17,21,23-27,36H,5,8-9,14-15,18-20H2,1-3H3/t24-,25+,26-,27?,31-,32-/m0/s1. The number of benzene rings is 1. The summed E-state index contributed by atoms with van der Waals surface area (Å²) in [5.41, 5.74) is -1.62. The van der Waals surface area contributed by atoms with Gasteiger partial charge in [0, 0.05) is 24.8 Å². The van der Waals surface area contributed by atoms with E-state index in [1.54, 1.807) is 9.80 Å². The van der Waals surface area contributed by atoms with Gasteiger partial charge in [0.1, 0.15) is 11.6 Å². The highest BCUT2D eigenvalue weighted by Crippen LogP contribution is 2.58. The van der Waals surface area contributed by atoms with Crippen LogP contribution >= 0.6 is 0 Å². The third-order valence-electron chi connectivity index (χ3n) is 9.92. The number of rotatable bonds is 5. The molecular weight excluding hydrogens is 506 g/mol. The number of carbonyl (C=O) groups is 3. The number of ether oxygens (including phenoxy) is 1. The average Bonchev–Trinajstić information content (AvgIpc) is 3.21. The molecule has 1 aliphatic carbocycles. The Bertz CT molecular complexity index is 1220. The van der Waals surface area contributed by atoms with Crippen LogP contribution in [0.3, 0.4) is 0 Å². The zero-order valence-electron chi connectivity index (χ0n) is 23.7. The van der Waals surface area contributed by atoms with Crippen molar-refractivity contribution in [3.63, 3.8) is 0 Å². The van der Waals surface area contributed by atoms with Crippen molar-refractivity contribution in [2.45, 2.75) is 82.2 Å². The zero-order chi connectivity index (χ0) is 28.2. The van der Waals surface area contributed by atoms with Crippen molar-refractivity contribution in [1.29, 1.82) is 0 Å². The van der Waals surface area contributed by atoms with Crippen LogP contribution < -0.4 is 4.90 Å². The fourth-order valence-corrected chi connectivity index (χ4v) is 8.02. The van der Waals surface area contributed by atoms with Gasteiger partial charge in [0.25, 0.3) is 0 Å². The lowest BCUT2D eigenvalue weighted by molar-refractivity contribution is -0.157. The van der Waals surface area contributed by atoms with Gasteiger partial charge in [-0.05, 0) is 37.8 Å². The summed E-state index contributed by atoms with van der Waals surface area (Å²) in [6, 6.07) is 8.07. The summed E-state index contributed by atoms with van der Waals surface area (Å²) in [7, 11) is 0. The van der Waals surface area contributed by atoms with Gasteiger partial charge in [0.2, 0.25) is 17.7 Å². The number of nitrogens with zero attached hydrogens (tertiary/aromatic N) is 3. The normalized spacial score (nSPS) is 35.1. The average molecular weight is 548 g/mol. The minimum atomic E-state index is -1.31. The first-order valence-electron chi connectivity index (χ1n) is 14.9. The predicted molar refractivity (Wildman–Crippen MR) is 151 cm³/mol. The molecule has 4 heterocycles. The summed E-state index contributed by atoms with van der Waals surface area (Å²) in [6.07, 6.45) is 12.9. The first-order chi connectivity index (χ1) is 19.2. The van der Waals surface area contributed by atoms with E-state index < -0.39 is 35.1 Å². The highest BCUT2D eigenvalue weighted by molar-refractivity contribution is 6.04. The maximum atomic E-state index is 14.6. The van der Waals surface area contributed by atoms with Crippen LogP contribution in [0.25, 0.3) is 0 Å². The molecule has 1 aromatic carbocycles. The van der Waals surface area contributed by atoms with Crippen molar-refractivity contribution in [2.75, 3.05) is 24.6 Å². The molecular formula is C32H41N3O5. The second-order valence-electron chi connectivity index (χ2n) is 12.6. The topological polar surface area (TPSA) is 90.4 Å². The SMILES string of the molecule is CC(C)[C@H](CO)N1C(=O)[C@@H]2[C@@H]3C(=O)N(c4ccccc4)CC=C[C@]3(C)O[C@@]23C=CCN(C2CCCCC2)C(=O)C13. The summed E-state index contributed by atoms with van der Waals surface area (Å²) in [6.45, 7) is 6.33. The van der Waals surface area contributed by atoms with Gasteiger partial charge in [-0.3, -0.25) is 14.4 Å². The summed E-state index contributed by atoms with van der Waals surface area (Å²) in [5.74, 6) is -2.41. The van der Waals surface area contributed by atoms with Crippen LogP contribution in [0.15, 0.2) is 54.6 Å². The van der Waals surface area contributed by atoms with E-state index in [1.165, 1.54) is 6.42 Å². The van der Waals surface area contributed by atoms with Crippen molar-refractivity contribution in [1.82, 2.24) is 9.80 Å². The van der Waals surface area contributed by atoms with Gasteiger partial charge >= 0.3 is 0 Å². The molecule has 0 bridgehead atoms. The number of likely N-dealkylation sites (tertiary alicyclic amines) is 1. The van der Waals surface area contributed by atoms with Gasteiger partial charge in [-0.2, -0.15) is 0 Å². The number of hydrogen-bond donors (Lipinski definition) is 1. The second kappa shape index (κ2) is 10.1. The van der Waals surface area contributed by atoms with Gasteiger partial charge < -0.3 is 24.5 Å². The molecule has 8 nitrogen and oxygen atoms in total. The number of para-hydroxylation sites is 1. The van der Waals surface area contributed by atoms with Crippen LogP contribution in [0.5, 0.6) is 0 Å². The Kier molecular flexibility index (Phi) is 6.90. The third-order valence-corrected chi connectivity index (χ3v) is 9.92. The lowest BCUT2D eigenvalue weighted by atomic mass is 9.74. The summed E-state index contributed by atoms with van der Waals surface area (Å²) < 4.78 is 6.95. The Morgan fingerprint density at radius 1 is 0.925 bits per heavy atom. The van der Waals surface area contributed by atoms with Gasteiger partial charge in [-0.15, -0.1) is 0 Å². The van der Waals surface area contributed by atoms with Crippen molar-refractivity contribution in [3.8, 4) is 0 Å². The minimum absolute atomic E-state index is 0.0927. The Hall–Kier alpha value is -2.97. The van der Waals surface area contributed by atoms with Crippen molar-refractivity contribution >= 4 is 23.4 Å². The Balaban J connectivity index is 1.48. The molecule has 2 saturated heterocycles. The largest absolute Gasteiger partial charge is 0.394 e. The number of fused-ring (bicyclic) bond motifs is 2. The lowest BCUT2D eigenvalue weighted by Gasteiger charge is -2.43. The molecule has 1 spiro atoms. The minimum Gasteiger partial charge on any atom is -0.394 e. The molecule has 1 N–H and O–H groups in total. The molecule has 3 fully saturated rings. The summed E-state index contributed by atoms with van der Waals surface area (Å²) in [5, 5.41) is 10.5. The first kappa shape index (κ1) is 27.2. The molecule has 1 aromatic rings. The summed E-state index contributed by atoms with van der Waals surface area (Å²) in [4.78, 5) is 48.9.